The van der Waals surface area contributed by atoms with Gasteiger partial charge in [0.15, 0.2) is 0 Å². The molecule has 4 rings (SSSR count). The summed E-state index contributed by atoms with van der Waals surface area (Å²) in [6, 6.07) is 3.50. The first-order valence-electron chi connectivity index (χ1n) is 9.73. The van der Waals surface area contributed by atoms with Gasteiger partial charge in [-0.1, -0.05) is 0 Å². The third kappa shape index (κ3) is 3.81. The van der Waals surface area contributed by atoms with Gasteiger partial charge in [-0.15, -0.1) is 0 Å². The Morgan fingerprint density at radius 2 is 1.88 bits per heavy atom. The number of likely N-dealkylation sites (tertiary alicyclic amines) is 1. The fourth-order valence-electron chi connectivity index (χ4n) is 3.97. The normalized spacial score (nSPS) is 24.4. The second-order valence-electron chi connectivity index (χ2n) is 7.86. The molecule has 7 nitrogen and oxygen atoms in total. The van der Waals surface area contributed by atoms with Crippen LogP contribution in [0.1, 0.15) is 50.1 Å². The first kappa shape index (κ1) is 17.2. The summed E-state index contributed by atoms with van der Waals surface area (Å²) in [4.78, 5) is 37.9. The number of hydrogen-bond acceptors (Lipinski definition) is 4. The average molecular weight is 358 g/mol. The number of rotatable bonds is 4. The van der Waals surface area contributed by atoms with Crippen LogP contribution in [-0.2, 0) is 16.1 Å². The largest absolute Gasteiger partial charge is 0.355 e. The maximum absolute atomic E-state index is 12.6. The molecule has 2 amide bonds. The van der Waals surface area contributed by atoms with E-state index in [9.17, 15) is 14.4 Å². The van der Waals surface area contributed by atoms with Gasteiger partial charge in [0, 0.05) is 44.6 Å². The first-order valence-corrected chi connectivity index (χ1v) is 9.73. The molecule has 0 bridgehead atoms. The van der Waals surface area contributed by atoms with Gasteiger partial charge in [0.2, 0.25) is 11.8 Å². The zero-order chi connectivity index (χ0) is 18.1. The number of hydrogen-bond donors (Lipinski definition) is 1. The summed E-state index contributed by atoms with van der Waals surface area (Å²) in [5.41, 5.74) is 1.00. The number of nitrogens with zero attached hydrogens (tertiary/aromatic N) is 3. The minimum Gasteiger partial charge on any atom is -0.355 e. The monoisotopic (exact) mass is 358 g/mol. The fraction of sp³-hybridized carbons (Fsp3) is 0.684. The van der Waals surface area contributed by atoms with Crippen molar-refractivity contribution in [2.75, 3.05) is 19.6 Å². The van der Waals surface area contributed by atoms with E-state index in [4.69, 9.17) is 0 Å². The van der Waals surface area contributed by atoms with E-state index in [1.54, 1.807) is 10.7 Å². The molecule has 2 saturated heterocycles. The van der Waals surface area contributed by atoms with Crippen molar-refractivity contribution in [1.82, 2.24) is 20.0 Å². The predicted molar refractivity (Wildman–Crippen MR) is 95.5 cm³/mol. The molecular formula is C19H26N4O3. The van der Waals surface area contributed by atoms with Crippen molar-refractivity contribution in [2.45, 2.75) is 51.0 Å². The Bertz CT molecular complexity index is 737. The molecule has 1 saturated carbocycles. The maximum atomic E-state index is 12.6. The lowest BCUT2D eigenvalue weighted by molar-refractivity contribution is -0.138. The van der Waals surface area contributed by atoms with Gasteiger partial charge in [-0.2, -0.15) is 5.10 Å². The van der Waals surface area contributed by atoms with E-state index in [2.05, 4.69) is 10.4 Å². The highest BCUT2D eigenvalue weighted by molar-refractivity contribution is 5.83. The number of nitrogens with one attached hydrogen (secondary N) is 1. The van der Waals surface area contributed by atoms with Gasteiger partial charge >= 0.3 is 0 Å². The molecule has 0 aromatic carbocycles. The number of aromatic nitrogens is 2. The van der Waals surface area contributed by atoms with Crippen LogP contribution in [0.25, 0.3) is 0 Å². The summed E-state index contributed by atoms with van der Waals surface area (Å²) in [6.45, 7) is 2.56. The summed E-state index contributed by atoms with van der Waals surface area (Å²) >= 11 is 0. The molecule has 0 radical (unpaired) electrons. The Morgan fingerprint density at radius 3 is 2.54 bits per heavy atom. The molecule has 26 heavy (non-hydrogen) atoms. The fourth-order valence-corrected chi connectivity index (χ4v) is 3.97. The van der Waals surface area contributed by atoms with Gasteiger partial charge in [-0.3, -0.25) is 14.4 Å². The van der Waals surface area contributed by atoms with E-state index in [1.807, 2.05) is 11.0 Å². The van der Waals surface area contributed by atoms with Crippen molar-refractivity contribution < 1.29 is 9.59 Å². The van der Waals surface area contributed by atoms with E-state index in [0.29, 0.717) is 37.8 Å². The van der Waals surface area contributed by atoms with Crippen molar-refractivity contribution in [3.8, 4) is 0 Å². The summed E-state index contributed by atoms with van der Waals surface area (Å²) in [5.74, 6) is 1.04. The van der Waals surface area contributed by atoms with Crippen molar-refractivity contribution >= 4 is 11.8 Å². The molecule has 1 unspecified atom stereocenters. The summed E-state index contributed by atoms with van der Waals surface area (Å²) in [5, 5.41) is 7.33. The van der Waals surface area contributed by atoms with Crippen molar-refractivity contribution in [1.29, 1.82) is 0 Å². The van der Waals surface area contributed by atoms with Gasteiger partial charge in [-0.05, 0) is 44.1 Å². The Balaban J connectivity index is 1.31. The molecule has 0 spiro atoms. The van der Waals surface area contributed by atoms with Crippen molar-refractivity contribution in [3.05, 3.63) is 28.2 Å². The number of piperidine rings is 2. The number of amides is 2. The second kappa shape index (κ2) is 7.21. The molecule has 7 heteroatoms. The Morgan fingerprint density at radius 1 is 1.12 bits per heavy atom. The molecule has 1 atom stereocenters. The van der Waals surface area contributed by atoms with Crippen LogP contribution in [-0.4, -0.2) is 46.1 Å². The SMILES string of the molecule is O=C1CCC(C(=O)N2CCC(Cn3nc(C4CC4)ccc3=O)CC2)CN1. The molecular weight excluding hydrogens is 332 g/mol. The van der Waals surface area contributed by atoms with E-state index >= 15 is 0 Å². The highest BCUT2D eigenvalue weighted by Gasteiger charge is 2.31. The van der Waals surface area contributed by atoms with Crippen molar-refractivity contribution in [3.63, 3.8) is 0 Å². The van der Waals surface area contributed by atoms with Gasteiger partial charge in [-0.25, -0.2) is 4.68 Å². The quantitative estimate of drug-likeness (QED) is 0.866. The molecule has 2 aliphatic heterocycles. The summed E-state index contributed by atoms with van der Waals surface area (Å²) in [6.07, 6.45) is 5.23. The molecule has 1 aromatic heterocycles. The Hall–Kier alpha value is -2.18. The zero-order valence-electron chi connectivity index (χ0n) is 15.0. The molecule has 1 N–H and O–H groups in total. The highest BCUT2D eigenvalue weighted by atomic mass is 16.2. The maximum Gasteiger partial charge on any atom is 0.266 e. The molecule has 3 fully saturated rings. The van der Waals surface area contributed by atoms with Gasteiger partial charge in [0.1, 0.15) is 0 Å². The minimum atomic E-state index is -0.0799. The number of carbonyl (C=O) groups excluding carboxylic acids is 2. The first-order chi connectivity index (χ1) is 12.6. The van der Waals surface area contributed by atoms with E-state index in [-0.39, 0.29) is 23.3 Å². The smallest absolute Gasteiger partial charge is 0.266 e. The van der Waals surface area contributed by atoms with Crippen LogP contribution in [0, 0.1) is 11.8 Å². The van der Waals surface area contributed by atoms with Crippen LogP contribution in [0.3, 0.4) is 0 Å². The van der Waals surface area contributed by atoms with Crippen LogP contribution in [0.15, 0.2) is 16.9 Å². The van der Waals surface area contributed by atoms with Crippen LogP contribution < -0.4 is 10.9 Å². The van der Waals surface area contributed by atoms with Crippen LogP contribution in [0.4, 0.5) is 0 Å². The summed E-state index contributed by atoms with van der Waals surface area (Å²) < 4.78 is 1.62. The van der Waals surface area contributed by atoms with E-state index in [1.165, 1.54) is 12.8 Å². The van der Waals surface area contributed by atoms with E-state index in [0.717, 1.165) is 31.6 Å². The molecule has 3 heterocycles. The van der Waals surface area contributed by atoms with Crippen molar-refractivity contribution in [2.24, 2.45) is 11.8 Å². The highest BCUT2D eigenvalue weighted by Crippen LogP contribution is 2.38. The third-order valence-electron chi connectivity index (χ3n) is 5.85. The average Bonchev–Trinajstić information content (AvgIpc) is 3.49. The number of carbonyl (C=O) groups is 2. The lowest BCUT2D eigenvalue weighted by atomic mass is 9.93. The minimum absolute atomic E-state index is 0.0362. The lowest BCUT2D eigenvalue weighted by Crippen LogP contribution is -2.47. The zero-order valence-corrected chi connectivity index (χ0v) is 15.0. The van der Waals surface area contributed by atoms with Crippen LogP contribution in [0.5, 0.6) is 0 Å². The Labute approximate surface area is 152 Å². The molecule has 1 aromatic rings. The predicted octanol–water partition coefficient (Wildman–Crippen LogP) is 0.885. The van der Waals surface area contributed by atoms with E-state index < -0.39 is 0 Å². The van der Waals surface area contributed by atoms with Crippen LogP contribution in [0.2, 0.25) is 0 Å². The van der Waals surface area contributed by atoms with Gasteiger partial charge in [0.25, 0.3) is 5.56 Å². The Kier molecular flexibility index (Phi) is 4.78. The van der Waals surface area contributed by atoms with Gasteiger partial charge in [0.05, 0.1) is 11.6 Å². The molecule has 1 aliphatic carbocycles. The van der Waals surface area contributed by atoms with Gasteiger partial charge < -0.3 is 10.2 Å². The van der Waals surface area contributed by atoms with Crippen LogP contribution >= 0.6 is 0 Å². The molecule has 3 aliphatic rings. The standard InChI is InChI=1S/C19H26N4O3/c24-17-5-3-15(11-20-17)19(26)22-9-7-13(8-10-22)12-23-18(25)6-4-16(21-23)14-1-2-14/h4,6,13-15H,1-3,5,7-12H2,(H,20,24). The summed E-state index contributed by atoms with van der Waals surface area (Å²) in [7, 11) is 0. The molecule has 140 valence electrons. The lowest BCUT2D eigenvalue weighted by Gasteiger charge is -2.35. The topological polar surface area (TPSA) is 84.3 Å². The second-order valence-corrected chi connectivity index (χ2v) is 7.86. The third-order valence-corrected chi connectivity index (χ3v) is 5.85.